The van der Waals surface area contributed by atoms with Crippen molar-refractivity contribution < 1.29 is 9.90 Å². The van der Waals surface area contributed by atoms with Crippen molar-refractivity contribution in [2.75, 3.05) is 5.32 Å². The maximum absolute atomic E-state index is 11.3. The third kappa shape index (κ3) is 3.22. The van der Waals surface area contributed by atoms with E-state index in [0.29, 0.717) is 23.5 Å². The molecular formula is C14H21N3O2. The summed E-state index contributed by atoms with van der Waals surface area (Å²) in [7, 11) is 0. The largest absolute Gasteiger partial charge is 0.476 e. The molecule has 1 aliphatic carbocycles. The van der Waals surface area contributed by atoms with Crippen molar-refractivity contribution in [3.63, 3.8) is 0 Å². The van der Waals surface area contributed by atoms with Crippen LogP contribution in [0, 0.1) is 5.92 Å². The van der Waals surface area contributed by atoms with Crippen LogP contribution < -0.4 is 5.32 Å². The van der Waals surface area contributed by atoms with Gasteiger partial charge in [-0.15, -0.1) is 0 Å². The molecule has 1 aromatic rings. The molecule has 1 aliphatic rings. The van der Waals surface area contributed by atoms with E-state index in [4.69, 9.17) is 0 Å². The van der Waals surface area contributed by atoms with Crippen molar-refractivity contribution in [2.24, 2.45) is 5.92 Å². The number of carbonyl (C=O) groups is 1. The summed E-state index contributed by atoms with van der Waals surface area (Å²) >= 11 is 0. The normalized spacial score (nSPS) is 21.5. The van der Waals surface area contributed by atoms with Crippen molar-refractivity contribution in [3.05, 3.63) is 17.7 Å². The van der Waals surface area contributed by atoms with Crippen LogP contribution >= 0.6 is 0 Å². The fourth-order valence-electron chi connectivity index (χ4n) is 2.26. The zero-order chi connectivity index (χ0) is 14.0. The van der Waals surface area contributed by atoms with Crippen LogP contribution in [0.5, 0.6) is 0 Å². The summed E-state index contributed by atoms with van der Waals surface area (Å²) in [5.41, 5.74) is 0.626. The van der Waals surface area contributed by atoms with E-state index >= 15 is 0 Å². The first-order valence-corrected chi connectivity index (χ1v) is 6.89. The summed E-state index contributed by atoms with van der Waals surface area (Å²) in [6.07, 6.45) is 5.06. The molecule has 0 spiro atoms. The molecule has 0 saturated heterocycles. The molecule has 2 atom stereocenters. The summed E-state index contributed by atoms with van der Waals surface area (Å²) in [4.78, 5) is 19.7. The first kappa shape index (κ1) is 13.8. The zero-order valence-corrected chi connectivity index (χ0v) is 11.7. The monoisotopic (exact) mass is 263 g/mol. The van der Waals surface area contributed by atoms with Gasteiger partial charge in [-0.2, -0.15) is 0 Å². The maximum Gasteiger partial charge on any atom is 0.356 e. The van der Waals surface area contributed by atoms with Crippen molar-refractivity contribution in [2.45, 2.75) is 52.0 Å². The zero-order valence-electron chi connectivity index (χ0n) is 11.7. The third-order valence-corrected chi connectivity index (χ3v) is 3.45. The second kappa shape index (κ2) is 5.55. The lowest BCUT2D eigenvalue weighted by molar-refractivity contribution is 0.0691. The number of aromatic nitrogens is 2. The quantitative estimate of drug-likeness (QED) is 0.825. The lowest BCUT2D eigenvalue weighted by Gasteiger charge is -2.11. The van der Waals surface area contributed by atoms with Gasteiger partial charge in [-0.25, -0.2) is 14.8 Å². The summed E-state index contributed by atoms with van der Waals surface area (Å²) < 4.78 is 0. The van der Waals surface area contributed by atoms with E-state index in [9.17, 15) is 9.90 Å². The second-order valence-corrected chi connectivity index (χ2v) is 5.49. The average Bonchev–Trinajstić information content (AvgIpc) is 3.07. The van der Waals surface area contributed by atoms with Crippen LogP contribution in [0.3, 0.4) is 0 Å². The number of nitrogens with zero attached hydrogens (tertiary/aromatic N) is 2. The Hall–Kier alpha value is -1.65. The number of hydrogen-bond donors (Lipinski definition) is 2. The SMILES string of the molecule is CCCC1CC1Nc1cnc(C(C)C)nc1C(=O)O. The van der Waals surface area contributed by atoms with Gasteiger partial charge in [0.05, 0.1) is 11.9 Å². The number of nitrogens with one attached hydrogen (secondary N) is 1. The fourth-order valence-corrected chi connectivity index (χ4v) is 2.26. The molecule has 0 aliphatic heterocycles. The minimum absolute atomic E-state index is 0.0841. The van der Waals surface area contributed by atoms with Crippen molar-refractivity contribution in [1.82, 2.24) is 9.97 Å². The van der Waals surface area contributed by atoms with E-state index in [2.05, 4.69) is 22.2 Å². The fraction of sp³-hybridized carbons (Fsp3) is 0.643. The Labute approximate surface area is 113 Å². The van der Waals surface area contributed by atoms with Gasteiger partial charge in [-0.1, -0.05) is 27.2 Å². The highest BCUT2D eigenvalue weighted by molar-refractivity contribution is 5.91. The van der Waals surface area contributed by atoms with Crippen LogP contribution in [-0.2, 0) is 0 Å². The van der Waals surface area contributed by atoms with E-state index in [0.717, 1.165) is 12.8 Å². The van der Waals surface area contributed by atoms with Crippen LogP contribution in [-0.4, -0.2) is 27.1 Å². The maximum atomic E-state index is 11.3. The Bertz CT molecular complexity index is 474. The highest BCUT2D eigenvalue weighted by Crippen LogP contribution is 2.37. The second-order valence-electron chi connectivity index (χ2n) is 5.49. The predicted octanol–water partition coefficient (Wildman–Crippen LogP) is 2.90. The molecular weight excluding hydrogens is 242 g/mol. The lowest BCUT2D eigenvalue weighted by atomic mass is 10.2. The highest BCUT2D eigenvalue weighted by Gasteiger charge is 2.36. The first-order chi connectivity index (χ1) is 9.02. The molecule has 104 valence electrons. The van der Waals surface area contributed by atoms with E-state index in [1.54, 1.807) is 6.20 Å². The number of rotatable bonds is 6. The van der Waals surface area contributed by atoms with Crippen LogP contribution in [0.25, 0.3) is 0 Å². The molecule has 1 aromatic heterocycles. The van der Waals surface area contributed by atoms with Crippen molar-refractivity contribution >= 4 is 11.7 Å². The molecule has 0 aromatic carbocycles. The van der Waals surface area contributed by atoms with E-state index in [-0.39, 0.29) is 11.6 Å². The highest BCUT2D eigenvalue weighted by atomic mass is 16.4. The molecule has 0 bridgehead atoms. The van der Waals surface area contributed by atoms with Gasteiger partial charge in [0, 0.05) is 12.0 Å². The average molecular weight is 263 g/mol. The van der Waals surface area contributed by atoms with Gasteiger partial charge in [0.1, 0.15) is 5.82 Å². The number of carboxylic acid groups (broad SMARTS) is 1. The predicted molar refractivity (Wildman–Crippen MR) is 73.5 cm³/mol. The summed E-state index contributed by atoms with van der Waals surface area (Å²) in [5, 5.41) is 12.5. The number of aromatic carboxylic acids is 1. The van der Waals surface area contributed by atoms with E-state index in [1.807, 2.05) is 13.8 Å². The van der Waals surface area contributed by atoms with Gasteiger partial charge in [0.2, 0.25) is 0 Å². The smallest absolute Gasteiger partial charge is 0.356 e. The molecule has 1 fully saturated rings. The van der Waals surface area contributed by atoms with Crippen LogP contribution in [0.4, 0.5) is 5.69 Å². The number of hydrogen-bond acceptors (Lipinski definition) is 4. The lowest BCUT2D eigenvalue weighted by Crippen LogP contribution is -2.14. The van der Waals surface area contributed by atoms with Gasteiger partial charge in [0.15, 0.2) is 5.69 Å². The Morgan fingerprint density at radius 1 is 1.58 bits per heavy atom. The standard InChI is InChI=1S/C14H21N3O2/c1-4-5-9-6-10(9)16-11-7-15-13(8(2)3)17-12(11)14(18)19/h7-10,16H,4-6H2,1-3H3,(H,18,19). The van der Waals surface area contributed by atoms with Gasteiger partial charge in [-0.3, -0.25) is 0 Å². The first-order valence-electron chi connectivity index (χ1n) is 6.89. The van der Waals surface area contributed by atoms with Crippen LogP contribution in [0.2, 0.25) is 0 Å². The minimum atomic E-state index is -1.00. The minimum Gasteiger partial charge on any atom is -0.476 e. The van der Waals surface area contributed by atoms with Crippen molar-refractivity contribution in [3.8, 4) is 0 Å². The Kier molecular flexibility index (Phi) is 4.02. The summed E-state index contributed by atoms with van der Waals surface area (Å²) in [6.45, 7) is 6.07. The summed E-state index contributed by atoms with van der Waals surface area (Å²) in [6, 6.07) is 0.381. The summed E-state index contributed by atoms with van der Waals surface area (Å²) in [5.74, 6) is 0.362. The molecule has 5 heteroatoms. The topological polar surface area (TPSA) is 75.1 Å². The molecule has 2 N–H and O–H groups in total. The number of carboxylic acids is 1. The third-order valence-electron chi connectivity index (χ3n) is 3.45. The van der Waals surface area contributed by atoms with Crippen molar-refractivity contribution in [1.29, 1.82) is 0 Å². The molecule has 5 nitrogen and oxygen atoms in total. The van der Waals surface area contributed by atoms with Gasteiger partial charge in [-0.05, 0) is 18.8 Å². The van der Waals surface area contributed by atoms with E-state index < -0.39 is 5.97 Å². The van der Waals surface area contributed by atoms with Gasteiger partial charge >= 0.3 is 5.97 Å². The molecule has 19 heavy (non-hydrogen) atoms. The Morgan fingerprint density at radius 3 is 2.89 bits per heavy atom. The molecule has 2 rings (SSSR count). The molecule has 1 heterocycles. The Morgan fingerprint density at radius 2 is 2.32 bits per heavy atom. The molecule has 1 saturated carbocycles. The van der Waals surface area contributed by atoms with Gasteiger partial charge < -0.3 is 10.4 Å². The van der Waals surface area contributed by atoms with Crippen LogP contribution in [0.15, 0.2) is 6.20 Å². The molecule has 0 amide bonds. The van der Waals surface area contributed by atoms with E-state index in [1.165, 1.54) is 6.42 Å². The Balaban J connectivity index is 2.14. The van der Waals surface area contributed by atoms with Crippen LogP contribution in [0.1, 0.15) is 62.3 Å². The van der Waals surface area contributed by atoms with Gasteiger partial charge in [0.25, 0.3) is 0 Å². The molecule has 0 radical (unpaired) electrons. The molecule has 2 unspecified atom stereocenters. The number of anilines is 1.